The Morgan fingerprint density at radius 2 is 1.69 bits per heavy atom. The SMILES string of the molecule is CC(=Nc1cccc(-c2cc(F)c(CN3CCOCC3)c(F)c2)c1O)Nc1ccc(N2CCN(C3CC3)CC2)c(C)c1. The van der Waals surface area contributed by atoms with Crippen molar-refractivity contribution < 1.29 is 18.6 Å². The van der Waals surface area contributed by atoms with Crippen LogP contribution in [0.4, 0.5) is 25.8 Å². The average molecular weight is 576 g/mol. The average Bonchev–Trinajstić information content (AvgIpc) is 3.83. The first-order valence-electron chi connectivity index (χ1n) is 14.9. The molecule has 3 aromatic carbocycles. The van der Waals surface area contributed by atoms with Gasteiger partial charge in [0.15, 0.2) is 0 Å². The molecule has 0 unspecified atom stereocenters. The summed E-state index contributed by atoms with van der Waals surface area (Å²) >= 11 is 0. The van der Waals surface area contributed by atoms with Crippen molar-refractivity contribution in [2.24, 2.45) is 4.99 Å². The van der Waals surface area contributed by atoms with Crippen molar-refractivity contribution in [3.05, 3.63) is 71.3 Å². The minimum absolute atomic E-state index is 0.0242. The first-order valence-corrected chi connectivity index (χ1v) is 14.9. The van der Waals surface area contributed by atoms with E-state index < -0.39 is 11.6 Å². The van der Waals surface area contributed by atoms with Crippen LogP contribution in [0.2, 0.25) is 0 Å². The topological polar surface area (TPSA) is 63.6 Å². The van der Waals surface area contributed by atoms with Crippen LogP contribution in [0.1, 0.15) is 30.9 Å². The Bertz CT molecular complexity index is 1440. The van der Waals surface area contributed by atoms with E-state index in [1.165, 1.54) is 36.2 Å². The number of aryl methyl sites for hydroxylation is 1. The third-order valence-corrected chi connectivity index (χ3v) is 8.48. The Hall–Kier alpha value is -3.53. The number of morpholine rings is 1. The van der Waals surface area contributed by atoms with Crippen molar-refractivity contribution in [3.63, 3.8) is 0 Å². The van der Waals surface area contributed by atoms with Crippen LogP contribution in [-0.4, -0.2) is 79.3 Å². The molecule has 0 aromatic heterocycles. The summed E-state index contributed by atoms with van der Waals surface area (Å²) in [6, 6.07) is 14.7. The van der Waals surface area contributed by atoms with Crippen molar-refractivity contribution in [2.75, 3.05) is 62.7 Å². The second kappa shape index (κ2) is 12.4. The standard InChI is InChI=1S/C33H39F2N5O2/c1-22-18-25(6-9-32(22)40-12-10-39(11-13-40)26-7-8-26)36-23(2)37-31-5-3-4-27(33(31)41)24-19-29(34)28(30(35)20-24)21-38-14-16-42-17-15-38/h3-6,9,18-20,26,41H,7-8,10-17,21H2,1-2H3,(H,36,37). The third-order valence-electron chi connectivity index (χ3n) is 8.48. The number of piperazine rings is 1. The van der Waals surface area contributed by atoms with Gasteiger partial charge in [0.2, 0.25) is 0 Å². The molecular formula is C33H39F2N5O2. The number of aliphatic imine (C=N–C) groups is 1. The minimum Gasteiger partial charge on any atom is -0.505 e. The number of phenols is 1. The van der Waals surface area contributed by atoms with E-state index in [-0.39, 0.29) is 23.4 Å². The predicted octanol–water partition coefficient (Wildman–Crippen LogP) is 5.92. The Labute approximate surface area is 246 Å². The highest BCUT2D eigenvalue weighted by atomic mass is 19.1. The molecule has 0 atom stereocenters. The van der Waals surface area contributed by atoms with E-state index in [1.807, 2.05) is 11.8 Å². The molecular weight excluding hydrogens is 536 g/mol. The summed E-state index contributed by atoms with van der Waals surface area (Å²) in [5.41, 5.74) is 4.28. The monoisotopic (exact) mass is 575 g/mol. The lowest BCUT2D eigenvalue weighted by molar-refractivity contribution is 0.0332. The fourth-order valence-corrected chi connectivity index (χ4v) is 6.02. The lowest BCUT2D eigenvalue weighted by Crippen LogP contribution is -2.47. The Kier molecular flexibility index (Phi) is 8.42. The Morgan fingerprint density at radius 1 is 0.976 bits per heavy atom. The normalized spacial score (nSPS) is 18.9. The smallest absolute Gasteiger partial charge is 0.149 e. The fraction of sp³-hybridized carbons (Fsp3) is 0.424. The molecule has 2 saturated heterocycles. The number of nitrogens with one attached hydrogen (secondary N) is 1. The molecule has 3 fully saturated rings. The summed E-state index contributed by atoms with van der Waals surface area (Å²) in [4.78, 5) is 11.6. The zero-order chi connectivity index (χ0) is 29.2. The van der Waals surface area contributed by atoms with Gasteiger partial charge in [-0.3, -0.25) is 9.80 Å². The molecule has 42 heavy (non-hydrogen) atoms. The first kappa shape index (κ1) is 28.6. The molecule has 2 N–H and O–H groups in total. The number of hydrogen-bond donors (Lipinski definition) is 2. The van der Waals surface area contributed by atoms with E-state index in [0.717, 1.165) is 37.9 Å². The van der Waals surface area contributed by atoms with Crippen LogP contribution >= 0.6 is 0 Å². The number of anilines is 2. The van der Waals surface area contributed by atoms with E-state index >= 15 is 8.78 Å². The number of rotatable bonds is 7. The van der Waals surface area contributed by atoms with Gasteiger partial charge in [-0.1, -0.05) is 12.1 Å². The van der Waals surface area contributed by atoms with Crippen LogP contribution in [0, 0.1) is 18.6 Å². The van der Waals surface area contributed by atoms with Gasteiger partial charge >= 0.3 is 0 Å². The zero-order valence-electron chi connectivity index (χ0n) is 24.4. The quantitative estimate of drug-likeness (QED) is 0.269. The number of benzene rings is 3. The maximum Gasteiger partial charge on any atom is 0.149 e. The number of ether oxygens (including phenoxy) is 1. The number of phenolic OH excluding ortho intramolecular Hbond substituents is 1. The van der Waals surface area contributed by atoms with Crippen LogP contribution in [-0.2, 0) is 11.3 Å². The molecule has 6 rings (SSSR count). The molecule has 9 heteroatoms. The number of hydrogen-bond acceptors (Lipinski definition) is 6. The number of amidine groups is 1. The lowest BCUT2D eigenvalue weighted by atomic mass is 10.0. The lowest BCUT2D eigenvalue weighted by Gasteiger charge is -2.37. The van der Waals surface area contributed by atoms with Crippen molar-refractivity contribution in [3.8, 4) is 16.9 Å². The van der Waals surface area contributed by atoms with Crippen molar-refractivity contribution in [2.45, 2.75) is 39.3 Å². The molecule has 1 aliphatic carbocycles. The molecule has 2 aliphatic heterocycles. The van der Waals surface area contributed by atoms with E-state index in [2.05, 4.69) is 45.2 Å². The summed E-state index contributed by atoms with van der Waals surface area (Å²) in [5.74, 6) is -0.807. The maximum absolute atomic E-state index is 15.0. The van der Waals surface area contributed by atoms with Crippen LogP contribution < -0.4 is 10.2 Å². The van der Waals surface area contributed by atoms with Crippen LogP contribution in [0.3, 0.4) is 0 Å². The van der Waals surface area contributed by atoms with Gasteiger partial charge < -0.3 is 20.1 Å². The maximum atomic E-state index is 15.0. The van der Waals surface area contributed by atoms with Crippen molar-refractivity contribution in [1.29, 1.82) is 0 Å². The van der Waals surface area contributed by atoms with E-state index in [4.69, 9.17) is 4.74 Å². The molecule has 3 aliphatic rings. The van der Waals surface area contributed by atoms with Gasteiger partial charge in [0.05, 0.1) is 13.2 Å². The van der Waals surface area contributed by atoms with E-state index in [9.17, 15) is 5.11 Å². The molecule has 222 valence electrons. The Morgan fingerprint density at radius 3 is 2.36 bits per heavy atom. The summed E-state index contributed by atoms with van der Waals surface area (Å²) in [6.07, 6.45) is 2.70. The zero-order valence-corrected chi connectivity index (χ0v) is 24.4. The third kappa shape index (κ3) is 6.43. The molecule has 7 nitrogen and oxygen atoms in total. The van der Waals surface area contributed by atoms with E-state index in [1.54, 1.807) is 18.2 Å². The molecule has 0 spiro atoms. The van der Waals surface area contributed by atoms with Crippen molar-refractivity contribution >= 4 is 22.9 Å². The van der Waals surface area contributed by atoms with Gasteiger partial charge in [0, 0.05) is 74.4 Å². The van der Waals surface area contributed by atoms with Gasteiger partial charge in [-0.15, -0.1) is 0 Å². The minimum atomic E-state index is -0.633. The number of nitrogens with zero attached hydrogens (tertiary/aromatic N) is 4. The molecule has 0 bridgehead atoms. The highest BCUT2D eigenvalue weighted by molar-refractivity contribution is 5.96. The number of aromatic hydroxyl groups is 1. The van der Waals surface area contributed by atoms with Gasteiger partial charge in [0.25, 0.3) is 0 Å². The number of halogens is 2. The van der Waals surface area contributed by atoms with Crippen molar-refractivity contribution in [1.82, 2.24) is 9.80 Å². The molecule has 3 aromatic rings. The van der Waals surface area contributed by atoms with Crippen LogP contribution in [0.25, 0.3) is 11.1 Å². The molecule has 0 amide bonds. The predicted molar refractivity (Wildman–Crippen MR) is 164 cm³/mol. The molecule has 1 saturated carbocycles. The molecule has 0 radical (unpaired) electrons. The number of para-hydroxylation sites is 1. The Balaban J connectivity index is 1.15. The highest BCUT2D eigenvalue weighted by Gasteiger charge is 2.31. The van der Waals surface area contributed by atoms with Crippen LogP contribution in [0.5, 0.6) is 5.75 Å². The first-order chi connectivity index (χ1) is 20.4. The van der Waals surface area contributed by atoms with E-state index in [0.29, 0.717) is 43.4 Å². The summed E-state index contributed by atoms with van der Waals surface area (Å²) in [6.45, 7) is 10.8. The van der Waals surface area contributed by atoms with Gasteiger partial charge in [-0.2, -0.15) is 0 Å². The molecule has 2 heterocycles. The largest absolute Gasteiger partial charge is 0.505 e. The fourth-order valence-electron chi connectivity index (χ4n) is 6.02. The second-order valence-corrected chi connectivity index (χ2v) is 11.6. The second-order valence-electron chi connectivity index (χ2n) is 11.6. The van der Waals surface area contributed by atoms with Gasteiger partial charge in [-0.05, 0) is 74.2 Å². The van der Waals surface area contributed by atoms with Gasteiger partial charge in [0.1, 0.15) is 28.9 Å². The van der Waals surface area contributed by atoms with Crippen LogP contribution in [0.15, 0.2) is 53.5 Å². The summed E-state index contributed by atoms with van der Waals surface area (Å²) < 4.78 is 35.4. The summed E-state index contributed by atoms with van der Waals surface area (Å²) in [7, 11) is 0. The summed E-state index contributed by atoms with van der Waals surface area (Å²) in [5, 5.41) is 14.4. The van der Waals surface area contributed by atoms with Gasteiger partial charge in [-0.25, -0.2) is 13.8 Å². The highest BCUT2D eigenvalue weighted by Crippen LogP contribution is 2.38.